The van der Waals surface area contributed by atoms with Crippen LogP contribution in [-0.2, 0) is 26.2 Å². The molecule has 20 heterocycles. The van der Waals surface area contributed by atoms with Gasteiger partial charge in [0.25, 0.3) is 0 Å². The van der Waals surface area contributed by atoms with Crippen LogP contribution in [-0.4, -0.2) is 0 Å². The summed E-state index contributed by atoms with van der Waals surface area (Å²) in [5.41, 5.74) is 10.1. The van der Waals surface area contributed by atoms with Crippen molar-refractivity contribution < 1.29 is 43.4 Å². The number of rotatable bonds is 0. The molecule has 0 unspecified atom stereocenters. The summed E-state index contributed by atoms with van der Waals surface area (Å²) in [6.07, 6.45) is 17.4. The van der Waals surface area contributed by atoms with Crippen molar-refractivity contribution in [3.8, 4) is 22.3 Å². The first kappa shape index (κ1) is 32.0. The molecule has 0 aliphatic carbocycles. The minimum Gasteiger partial charge on any atom is -0.201 e. The van der Waals surface area contributed by atoms with Crippen LogP contribution in [0, 0.1) is 0 Å². The second-order valence-corrected chi connectivity index (χ2v) is 13.5. The molecule has 22 rings (SSSR count). The van der Waals surface area contributed by atoms with Gasteiger partial charge < -0.3 is 0 Å². The van der Waals surface area contributed by atoms with Crippen LogP contribution >= 0.6 is 7.81 Å². The van der Waals surface area contributed by atoms with E-state index in [0.717, 1.165) is 26.2 Å². The Labute approximate surface area is 268 Å². The summed E-state index contributed by atoms with van der Waals surface area (Å²) < 4.78 is 68.1. The number of pyridine rings is 4. The van der Waals surface area contributed by atoms with E-state index in [9.17, 15) is 25.2 Å². The van der Waals surface area contributed by atoms with E-state index in [1.807, 2.05) is 0 Å². The Morgan fingerprint density at radius 2 is 0.447 bits per heavy atom. The van der Waals surface area contributed by atoms with E-state index in [-0.39, 0.29) is 0 Å². The summed E-state index contributed by atoms with van der Waals surface area (Å²) in [6, 6.07) is 35.5. The fraction of sp³-hybridized carbons (Fsp3) is 0.111. The normalized spacial score (nSPS) is 14.2. The SMILES string of the molecule is F[P-](F)(F)(F)(F)F.c1cc2ccc1C[n+]1ccc(cc1)-c1cc[n+](cc1)Cc1ccc(cc1)C[n+]1ccc(cc1)-c1cc[n+](cc1)C2. The fourth-order valence-corrected chi connectivity index (χ4v) is 5.36. The second-order valence-electron chi connectivity index (χ2n) is 11.6. The number of nitrogens with zero attached hydrogens (tertiary/aromatic N) is 4. The molecule has 0 fully saturated rings. The van der Waals surface area contributed by atoms with Crippen LogP contribution < -0.4 is 18.3 Å². The smallest absolute Gasteiger partial charge is 0.173 e. The Balaban J connectivity index is 0.000000499. The van der Waals surface area contributed by atoms with Crippen molar-refractivity contribution in [2.45, 2.75) is 26.2 Å². The maximum atomic E-state index is 9.87. The van der Waals surface area contributed by atoms with Gasteiger partial charge in [-0.05, 0) is 22.3 Å². The number of benzene rings is 2. The van der Waals surface area contributed by atoms with Gasteiger partial charge in [-0.25, -0.2) is 18.3 Å². The molecule has 16 aliphatic heterocycles. The van der Waals surface area contributed by atoms with E-state index in [1.54, 1.807) is 0 Å². The molecule has 0 N–H and O–H groups in total. The Kier molecular flexibility index (Phi) is 8.18. The molecule has 4 aromatic heterocycles. The molecule has 12 bridgehead atoms. The third-order valence-corrected chi connectivity index (χ3v) is 7.74. The zero-order chi connectivity index (χ0) is 33.1. The molecule has 4 nitrogen and oxygen atoms in total. The molecule has 0 radical (unpaired) electrons. The average Bonchev–Trinajstić information content (AvgIpc) is 3.03. The standard InChI is InChI=1S/C36H32N4.F6P/c1-2-30-4-3-29(1)25-37-17-9-33(10-18-37)35-13-21-39(22-14-35)27-31-5-7-32(8-6-31)28-40-23-15-36(16-24-40)34-11-19-38(26-30)20-12-34;1-7(2,3,4,5)6/h1-24H,25-28H2;/q+4;-1. The Morgan fingerprint density at radius 3 is 0.596 bits per heavy atom. The molecule has 0 spiro atoms. The molecule has 11 heteroatoms. The van der Waals surface area contributed by atoms with Crippen LogP contribution in [0.4, 0.5) is 25.2 Å². The molecule has 0 saturated carbocycles. The van der Waals surface area contributed by atoms with Gasteiger partial charge >= 0.3 is 33.0 Å². The molecule has 0 amide bonds. The van der Waals surface area contributed by atoms with Gasteiger partial charge in [0.05, 0.1) is 0 Å². The molecule has 16 aliphatic rings. The molecular formula is C36H32F6N4P+3. The molecule has 47 heavy (non-hydrogen) atoms. The van der Waals surface area contributed by atoms with Crippen molar-refractivity contribution in [3.63, 3.8) is 0 Å². The molecule has 2 aromatic carbocycles. The summed E-state index contributed by atoms with van der Waals surface area (Å²) in [5.74, 6) is 0. The van der Waals surface area contributed by atoms with E-state index in [1.165, 1.54) is 44.5 Å². The van der Waals surface area contributed by atoms with Gasteiger partial charge in [-0.15, -0.1) is 0 Å². The van der Waals surface area contributed by atoms with E-state index in [4.69, 9.17) is 0 Å². The third kappa shape index (κ3) is 10.0. The van der Waals surface area contributed by atoms with Gasteiger partial charge in [0.15, 0.2) is 75.8 Å². The van der Waals surface area contributed by atoms with Crippen molar-refractivity contribution in [1.82, 2.24) is 0 Å². The summed E-state index contributed by atoms with van der Waals surface area (Å²) >= 11 is 0. The van der Waals surface area contributed by atoms with Gasteiger partial charge in [-0.3, -0.25) is 0 Å². The maximum Gasteiger partial charge on any atom is 0.173 e. The summed E-state index contributed by atoms with van der Waals surface area (Å²) in [7, 11) is -10.7. The first-order chi connectivity index (χ1) is 22.2. The average molecular weight is 666 g/mol. The molecule has 0 saturated heterocycles. The van der Waals surface area contributed by atoms with Crippen molar-refractivity contribution in [2.24, 2.45) is 0 Å². The van der Waals surface area contributed by atoms with E-state index in [0.29, 0.717) is 0 Å². The quantitative estimate of drug-likeness (QED) is 0.0886. The Bertz CT molecular complexity index is 1690. The van der Waals surface area contributed by atoms with E-state index < -0.39 is 7.81 Å². The number of aromatic nitrogens is 4. The van der Waals surface area contributed by atoms with Crippen LogP contribution in [0.3, 0.4) is 0 Å². The van der Waals surface area contributed by atoms with Crippen molar-refractivity contribution in [1.29, 1.82) is 0 Å². The number of hydrogen-bond acceptors (Lipinski definition) is 0. The molecule has 6 aromatic rings. The Morgan fingerprint density at radius 1 is 0.298 bits per heavy atom. The van der Waals surface area contributed by atoms with Gasteiger partial charge in [-0.2, -0.15) is 0 Å². The first-order valence-corrected chi connectivity index (χ1v) is 16.9. The van der Waals surface area contributed by atoms with Crippen molar-refractivity contribution >= 4 is 7.81 Å². The van der Waals surface area contributed by atoms with Crippen LogP contribution in [0.25, 0.3) is 22.3 Å². The zero-order valence-corrected chi connectivity index (χ0v) is 26.1. The van der Waals surface area contributed by atoms with Gasteiger partial charge in [0.2, 0.25) is 0 Å². The maximum absolute atomic E-state index is 10.7. The Hall–Kier alpha value is -4.95. The predicted octanol–water partition coefficient (Wildman–Crippen LogP) is 8.06. The molecule has 0 atom stereocenters. The largest absolute Gasteiger partial charge is 0.201 e. The van der Waals surface area contributed by atoms with Crippen LogP contribution in [0.2, 0.25) is 0 Å². The first-order valence-electron chi connectivity index (χ1n) is 14.9. The molecular weight excluding hydrogens is 633 g/mol. The fourth-order valence-electron chi connectivity index (χ4n) is 5.36. The van der Waals surface area contributed by atoms with E-state index >= 15 is 0 Å². The van der Waals surface area contributed by atoms with Crippen molar-refractivity contribution in [3.05, 3.63) is 169 Å². The minimum atomic E-state index is -10.7. The van der Waals surface area contributed by atoms with Crippen molar-refractivity contribution in [2.75, 3.05) is 0 Å². The second kappa shape index (κ2) is 12.0. The minimum absolute atomic E-state index is 0.854. The topological polar surface area (TPSA) is 15.5 Å². The van der Waals surface area contributed by atoms with Gasteiger partial charge in [-0.1, -0.05) is 48.5 Å². The summed E-state index contributed by atoms with van der Waals surface area (Å²) in [4.78, 5) is 0. The van der Waals surface area contributed by atoms with Gasteiger partial charge in [0, 0.05) is 70.8 Å². The predicted molar refractivity (Wildman–Crippen MR) is 167 cm³/mol. The van der Waals surface area contributed by atoms with Crippen LogP contribution in [0.15, 0.2) is 147 Å². The zero-order valence-electron chi connectivity index (χ0n) is 25.2. The summed E-state index contributed by atoms with van der Waals surface area (Å²) in [5, 5.41) is 0. The van der Waals surface area contributed by atoms with E-state index in [2.05, 4.69) is 165 Å². The van der Waals surface area contributed by atoms with Crippen LogP contribution in [0.1, 0.15) is 22.3 Å². The monoisotopic (exact) mass is 665 g/mol. The summed E-state index contributed by atoms with van der Waals surface area (Å²) in [6.45, 7) is 3.42. The third-order valence-electron chi connectivity index (χ3n) is 7.74. The molecule has 240 valence electrons. The van der Waals surface area contributed by atoms with Gasteiger partial charge in [0.1, 0.15) is 0 Å². The number of halogens is 6. The number of hydrogen-bond donors (Lipinski definition) is 0. The van der Waals surface area contributed by atoms with Crippen LogP contribution in [0.5, 0.6) is 0 Å².